The number of benzene rings is 2. The molecule has 0 bridgehead atoms. The second-order valence-electron chi connectivity index (χ2n) is 4.70. The lowest BCUT2D eigenvalue weighted by atomic mass is 10.1. The largest absolute Gasteiger partial charge is 0.326 e. The van der Waals surface area contributed by atoms with Crippen LogP contribution in [0.1, 0.15) is 16.7 Å². The first kappa shape index (κ1) is 13.6. The molecule has 1 aromatic heterocycles. The zero-order valence-electron chi connectivity index (χ0n) is 11.3. The molecule has 0 aliphatic heterocycles. The molecule has 2 aromatic carbocycles. The molecule has 20 heavy (non-hydrogen) atoms. The first-order valence-corrected chi connectivity index (χ1v) is 8.33. The van der Waals surface area contributed by atoms with Crippen molar-refractivity contribution in [3.05, 3.63) is 59.2 Å². The van der Waals surface area contributed by atoms with Crippen molar-refractivity contribution >= 4 is 33.3 Å². The molecule has 0 unspecified atom stereocenters. The van der Waals surface area contributed by atoms with E-state index in [2.05, 4.69) is 48.3 Å². The Kier molecular flexibility index (Phi) is 4.05. The van der Waals surface area contributed by atoms with Crippen LogP contribution < -0.4 is 5.73 Å². The Morgan fingerprint density at radius 1 is 1.20 bits per heavy atom. The van der Waals surface area contributed by atoms with Gasteiger partial charge in [-0.3, -0.25) is 0 Å². The zero-order chi connectivity index (χ0) is 13.9. The SMILES string of the molecule is Cc1cc(CN)ccc1CSc1nc2ccccc2s1. The summed E-state index contributed by atoms with van der Waals surface area (Å²) in [7, 11) is 0. The second-order valence-corrected chi connectivity index (χ2v) is 6.95. The number of thioether (sulfide) groups is 1. The van der Waals surface area contributed by atoms with Gasteiger partial charge in [-0.25, -0.2) is 4.98 Å². The molecule has 0 aliphatic carbocycles. The molecule has 0 amide bonds. The summed E-state index contributed by atoms with van der Waals surface area (Å²) in [6.07, 6.45) is 0. The van der Waals surface area contributed by atoms with Gasteiger partial charge in [-0.2, -0.15) is 0 Å². The predicted octanol–water partition coefficient (Wildman–Crippen LogP) is 4.36. The van der Waals surface area contributed by atoms with Crippen LogP contribution in [-0.2, 0) is 12.3 Å². The first-order valence-electron chi connectivity index (χ1n) is 6.53. The van der Waals surface area contributed by atoms with Gasteiger partial charge in [0.15, 0.2) is 4.34 Å². The molecule has 0 fully saturated rings. The van der Waals surface area contributed by atoms with Crippen LogP contribution in [0.25, 0.3) is 10.2 Å². The molecule has 3 aromatic rings. The number of para-hydroxylation sites is 1. The molecule has 0 radical (unpaired) electrons. The minimum atomic E-state index is 0.603. The molecule has 102 valence electrons. The molecule has 0 saturated carbocycles. The first-order chi connectivity index (χ1) is 9.76. The van der Waals surface area contributed by atoms with Gasteiger partial charge in [0.05, 0.1) is 10.2 Å². The summed E-state index contributed by atoms with van der Waals surface area (Å²) >= 11 is 3.56. The molecule has 4 heteroatoms. The van der Waals surface area contributed by atoms with Gasteiger partial charge >= 0.3 is 0 Å². The number of aryl methyl sites for hydroxylation is 1. The number of nitrogens with zero attached hydrogens (tertiary/aromatic N) is 1. The maximum absolute atomic E-state index is 5.66. The van der Waals surface area contributed by atoms with E-state index in [0.29, 0.717) is 6.54 Å². The van der Waals surface area contributed by atoms with E-state index in [4.69, 9.17) is 5.73 Å². The average Bonchev–Trinajstić information content (AvgIpc) is 2.88. The Hall–Kier alpha value is -1.36. The van der Waals surface area contributed by atoms with E-state index >= 15 is 0 Å². The second kappa shape index (κ2) is 5.95. The third-order valence-electron chi connectivity index (χ3n) is 3.27. The van der Waals surface area contributed by atoms with Crippen LogP contribution >= 0.6 is 23.1 Å². The third-order valence-corrected chi connectivity index (χ3v) is 5.50. The zero-order valence-corrected chi connectivity index (χ0v) is 12.9. The van der Waals surface area contributed by atoms with E-state index in [1.807, 2.05) is 6.07 Å². The average molecular weight is 300 g/mol. The van der Waals surface area contributed by atoms with Gasteiger partial charge in [-0.1, -0.05) is 42.1 Å². The quantitative estimate of drug-likeness (QED) is 0.728. The van der Waals surface area contributed by atoms with Gasteiger partial charge in [0.1, 0.15) is 0 Å². The van der Waals surface area contributed by atoms with Gasteiger partial charge in [0.25, 0.3) is 0 Å². The fourth-order valence-electron chi connectivity index (χ4n) is 2.10. The summed E-state index contributed by atoms with van der Waals surface area (Å²) in [6, 6.07) is 14.7. The normalized spacial score (nSPS) is 11.1. The molecule has 0 spiro atoms. The van der Waals surface area contributed by atoms with Crippen LogP contribution in [0, 0.1) is 6.92 Å². The summed E-state index contributed by atoms with van der Waals surface area (Å²) in [5.41, 5.74) is 10.6. The van der Waals surface area contributed by atoms with Gasteiger partial charge in [0, 0.05) is 12.3 Å². The Bertz CT molecular complexity index is 701. The van der Waals surface area contributed by atoms with E-state index < -0.39 is 0 Å². The van der Waals surface area contributed by atoms with Crippen LogP contribution in [-0.4, -0.2) is 4.98 Å². The minimum absolute atomic E-state index is 0.603. The highest BCUT2D eigenvalue weighted by molar-refractivity contribution is 8.00. The van der Waals surface area contributed by atoms with Crippen molar-refractivity contribution in [1.29, 1.82) is 0 Å². The monoisotopic (exact) mass is 300 g/mol. The van der Waals surface area contributed by atoms with E-state index in [0.717, 1.165) is 15.6 Å². The number of nitrogens with two attached hydrogens (primary N) is 1. The van der Waals surface area contributed by atoms with Crippen LogP contribution in [0.2, 0.25) is 0 Å². The van der Waals surface area contributed by atoms with E-state index in [-0.39, 0.29) is 0 Å². The van der Waals surface area contributed by atoms with Gasteiger partial charge in [-0.05, 0) is 35.7 Å². The number of aromatic nitrogens is 1. The molecular formula is C16H16N2S2. The Labute approximate surface area is 127 Å². The predicted molar refractivity (Wildman–Crippen MR) is 88.3 cm³/mol. The van der Waals surface area contributed by atoms with Crippen molar-refractivity contribution < 1.29 is 0 Å². The summed E-state index contributed by atoms with van der Waals surface area (Å²) < 4.78 is 2.39. The minimum Gasteiger partial charge on any atom is -0.326 e. The highest BCUT2D eigenvalue weighted by Crippen LogP contribution is 2.31. The summed E-state index contributed by atoms with van der Waals surface area (Å²) in [6.45, 7) is 2.75. The van der Waals surface area contributed by atoms with E-state index in [9.17, 15) is 0 Å². The highest BCUT2D eigenvalue weighted by Gasteiger charge is 2.06. The third kappa shape index (κ3) is 2.87. The number of fused-ring (bicyclic) bond motifs is 1. The lowest BCUT2D eigenvalue weighted by molar-refractivity contribution is 1.06. The summed E-state index contributed by atoms with van der Waals surface area (Å²) in [4.78, 5) is 4.65. The number of hydrogen-bond donors (Lipinski definition) is 1. The van der Waals surface area contributed by atoms with E-state index in [1.54, 1.807) is 23.1 Å². The van der Waals surface area contributed by atoms with Crippen LogP contribution in [0.3, 0.4) is 0 Å². The van der Waals surface area contributed by atoms with Crippen molar-refractivity contribution in [3.63, 3.8) is 0 Å². The van der Waals surface area contributed by atoms with Crippen molar-refractivity contribution in [2.75, 3.05) is 0 Å². The van der Waals surface area contributed by atoms with Gasteiger partial charge < -0.3 is 5.73 Å². The molecule has 0 aliphatic rings. The topological polar surface area (TPSA) is 38.9 Å². The number of hydrogen-bond acceptors (Lipinski definition) is 4. The number of thiazole rings is 1. The summed E-state index contributed by atoms with van der Waals surface area (Å²) in [5.74, 6) is 0.955. The maximum Gasteiger partial charge on any atom is 0.151 e. The maximum atomic E-state index is 5.66. The summed E-state index contributed by atoms with van der Waals surface area (Å²) in [5, 5.41) is 0. The molecular weight excluding hydrogens is 284 g/mol. The lowest BCUT2D eigenvalue weighted by Crippen LogP contribution is -1.97. The molecule has 2 nitrogen and oxygen atoms in total. The van der Waals surface area contributed by atoms with Crippen LogP contribution in [0.15, 0.2) is 46.8 Å². The standard InChI is InChI=1S/C16H16N2S2/c1-11-8-12(9-17)6-7-13(11)10-19-16-18-14-4-2-3-5-15(14)20-16/h2-8H,9-10,17H2,1H3. The number of rotatable bonds is 4. The smallest absolute Gasteiger partial charge is 0.151 e. The lowest BCUT2D eigenvalue weighted by Gasteiger charge is -2.06. The molecule has 3 rings (SSSR count). The van der Waals surface area contributed by atoms with Crippen molar-refractivity contribution in [2.45, 2.75) is 23.6 Å². The fraction of sp³-hybridized carbons (Fsp3) is 0.188. The van der Waals surface area contributed by atoms with Crippen LogP contribution in [0.4, 0.5) is 0 Å². The fourth-order valence-corrected chi connectivity index (χ4v) is 4.24. The molecule has 1 heterocycles. The molecule has 0 atom stereocenters. The Balaban J connectivity index is 1.75. The van der Waals surface area contributed by atoms with Crippen LogP contribution in [0.5, 0.6) is 0 Å². The van der Waals surface area contributed by atoms with Gasteiger partial charge in [0.2, 0.25) is 0 Å². The van der Waals surface area contributed by atoms with Crippen molar-refractivity contribution in [2.24, 2.45) is 5.73 Å². The molecule has 0 saturated heterocycles. The van der Waals surface area contributed by atoms with Crippen molar-refractivity contribution in [3.8, 4) is 0 Å². The molecule has 2 N–H and O–H groups in total. The van der Waals surface area contributed by atoms with Crippen molar-refractivity contribution in [1.82, 2.24) is 4.98 Å². The van der Waals surface area contributed by atoms with Gasteiger partial charge in [-0.15, -0.1) is 11.3 Å². The Morgan fingerprint density at radius 2 is 2.05 bits per heavy atom. The highest BCUT2D eigenvalue weighted by atomic mass is 32.2. The Morgan fingerprint density at radius 3 is 2.80 bits per heavy atom. The van der Waals surface area contributed by atoms with E-state index in [1.165, 1.54) is 21.4 Å².